The average molecular weight is 366 g/mol. The topological polar surface area (TPSA) is 83.7 Å². The number of aliphatic hydroxyl groups is 1. The zero-order chi connectivity index (χ0) is 17.8. The molecule has 0 aromatic carbocycles. The van der Waals surface area contributed by atoms with Gasteiger partial charge in [-0.3, -0.25) is 14.7 Å². The van der Waals surface area contributed by atoms with E-state index in [0.717, 1.165) is 5.69 Å². The average Bonchev–Trinajstić information content (AvgIpc) is 3.21. The number of nitrogens with zero attached hydrogens (tertiary/aromatic N) is 5. The molecule has 2 aromatic rings. The Labute approximate surface area is 150 Å². The highest BCUT2D eigenvalue weighted by molar-refractivity contribution is 6.32. The predicted molar refractivity (Wildman–Crippen MR) is 92.5 cm³/mol. The van der Waals surface area contributed by atoms with E-state index in [2.05, 4.69) is 10.1 Å². The van der Waals surface area contributed by atoms with E-state index in [0.29, 0.717) is 31.9 Å². The Balaban J connectivity index is 1.72. The summed E-state index contributed by atoms with van der Waals surface area (Å²) < 4.78 is 6.65. The Kier molecular flexibility index (Phi) is 5.64. The van der Waals surface area contributed by atoms with Gasteiger partial charge in [0.1, 0.15) is 5.69 Å². The highest BCUT2D eigenvalue weighted by Gasteiger charge is 2.25. The fraction of sp³-hybridized carbons (Fsp3) is 0.438. The predicted octanol–water partition coefficient (Wildman–Crippen LogP) is 1.27. The lowest BCUT2D eigenvalue weighted by Gasteiger charge is -2.22. The van der Waals surface area contributed by atoms with Gasteiger partial charge in [-0.1, -0.05) is 11.6 Å². The number of carbonyl (C=O) groups excluding carboxylic acids is 1. The summed E-state index contributed by atoms with van der Waals surface area (Å²) in [7, 11) is 0. The summed E-state index contributed by atoms with van der Waals surface area (Å²) in [6.07, 6.45) is 4.38. The molecule has 1 N–H and O–H groups in total. The lowest BCUT2D eigenvalue weighted by Crippen LogP contribution is -2.36. The van der Waals surface area contributed by atoms with Crippen molar-refractivity contribution in [1.29, 1.82) is 0 Å². The highest BCUT2D eigenvalue weighted by atomic mass is 35.5. The van der Waals surface area contributed by atoms with Crippen LogP contribution in [0.3, 0.4) is 0 Å². The van der Waals surface area contributed by atoms with E-state index in [4.69, 9.17) is 16.3 Å². The van der Waals surface area contributed by atoms with Crippen LogP contribution in [0.5, 0.6) is 0 Å². The maximum atomic E-state index is 12.6. The molecule has 25 heavy (non-hydrogen) atoms. The van der Waals surface area contributed by atoms with Crippen LogP contribution in [0, 0.1) is 0 Å². The summed E-state index contributed by atoms with van der Waals surface area (Å²) in [5.74, 6) is -0.0887. The smallest absolute Gasteiger partial charge is 0.228 e. The number of aliphatic hydroxyl groups excluding tert-OH is 1. The third-order valence-corrected chi connectivity index (χ3v) is 4.31. The number of rotatable bonds is 6. The second kappa shape index (κ2) is 7.92. The van der Waals surface area contributed by atoms with E-state index in [1.54, 1.807) is 39.1 Å². The molecule has 0 radical (unpaired) electrons. The molecule has 1 atom stereocenters. The van der Waals surface area contributed by atoms with Crippen LogP contribution in [-0.2, 0) is 9.53 Å². The molecule has 9 heteroatoms. The number of pyridine rings is 1. The van der Waals surface area contributed by atoms with Crippen LogP contribution < -0.4 is 4.90 Å². The molecular formula is C16H20ClN5O3. The zero-order valence-electron chi connectivity index (χ0n) is 13.9. The van der Waals surface area contributed by atoms with Gasteiger partial charge in [0.2, 0.25) is 12.3 Å². The Morgan fingerprint density at radius 1 is 1.56 bits per heavy atom. The first-order chi connectivity index (χ1) is 12.1. The van der Waals surface area contributed by atoms with Gasteiger partial charge in [0, 0.05) is 32.3 Å². The highest BCUT2D eigenvalue weighted by Crippen LogP contribution is 2.26. The second-order valence-electron chi connectivity index (χ2n) is 5.58. The van der Waals surface area contributed by atoms with Crippen molar-refractivity contribution in [2.24, 2.45) is 0 Å². The van der Waals surface area contributed by atoms with Crippen molar-refractivity contribution < 1.29 is 14.6 Å². The molecule has 0 saturated carbocycles. The largest absolute Gasteiger partial charge is 0.356 e. The fourth-order valence-corrected chi connectivity index (χ4v) is 2.95. The molecule has 1 saturated heterocycles. The van der Waals surface area contributed by atoms with Gasteiger partial charge in [-0.15, -0.1) is 0 Å². The second-order valence-corrected chi connectivity index (χ2v) is 5.94. The monoisotopic (exact) mass is 365 g/mol. The summed E-state index contributed by atoms with van der Waals surface area (Å²) in [5, 5.41) is 14.1. The number of hydrogen-bond acceptors (Lipinski definition) is 6. The maximum absolute atomic E-state index is 12.6. The van der Waals surface area contributed by atoms with Crippen LogP contribution in [0.4, 0.5) is 5.69 Å². The number of ether oxygens (including phenoxy) is 1. The first-order valence-corrected chi connectivity index (χ1v) is 8.47. The van der Waals surface area contributed by atoms with Gasteiger partial charge in [0.15, 0.2) is 5.15 Å². The van der Waals surface area contributed by atoms with Crippen molar-refractivity contribution >= 4 is 23.2 Å². The molecule has 3 rings (SSSR count). The molecule has 0 aliphatic carbocycles. The number of anilines is 1. The van der Waals surface area contributed by atoms with Crippen LogP contribution in [0.2, 0.25) is 5.15 Å². The molecule has 1 fully saturated rings. The first-order valence-electron chi connectivity index (χ1n) is 8.09. The van der Waals surface area contributed by atoms with E-state index in [9.17, 15) is 9.90 Å². The van der Waals surface area contributed by atoms with E-state index in [1.807, 2.05) is 13.0 Å². The van der Waals surface area contributed by atoms with Crippen LogP contribution in [0.15, 0.2) is 30.7 Å². The van der Waals surface area contributed by atoms with Crippen LogP contribution >= 0.6 is 11.6 Å². The number of halogens is 1. The van der Waals surface area contributed by atoms with Gasteiger partial charge >= 0.3 is 0 Å². The van der Waals surface area contributed by atoms with Gasteiger partial charge in [-0.25, -0.2) is 4.68 Å². The van der Waals surface area contributed by atoms with Gasteiger partial charge in [0.25, 0.3) is 0 Å². The number of aromatic nitrogens is 3. The van der Waals surface area contributed by atoms with Crippen LogP contribution in [-0.4, -0.2) is 63.3 Å². The molecule has 1 amide bonds. The SMILES string of the molecule is CCN(C(=O)CCN1CCOC1O)c1cn(-c2cccnc2)nc1Cl. The number of carbonyl (C=O) groups is 1. The summed E-state index contributed by atoms with van der Waals surface area (Å²) in [4.78, 5) is 20.0. The van der Waals surface area contributed by atoms with E-state index >= 15 is 0 Å². The van der Waals surface area contributed by atoms with Gasteiger partial charge in [-0.05, 0) is 19.1 Å². The van der Waals surface area contributed by atoms with E-state index < -0.39 is 6.41 Å². The fourth-order valence-electron chi connectivity index (χ4n) is 2.72. The summed E-state index contributed by atoms with van der Waals surface area (Å²) in [5.41, 5.74) is 1.31. The molecule has 0 spiro atoms. The molecule has 1 unspecified atom stereocenters. The Hall–Kier alpha value is -2.00. The number of hydrogen-bond donors (Lipinski definition) is 1. The molecule has 8 nitrogen and oxygen atoms in total. The zero-order valence-corrected chi connectivity index (χ0v) is 14.6. The van der Waals surface area contributed by atoms with Gasteiger partial charge in [-0.2, -0.15) is 5.10 Å². The van der Waals surface area contributed by atoms with Crippen molar-refractivity contribution in [2.45, 2.75) is 19.8 Å². The third-order valence-electron chi connectivity index (χ3n) is 4.04. The van der Waals surface area contributed by atoms with Crippen molar-refractivity contribution in [3.8, 4) is 5.69 Å². The lowest BCUT2D eigenvalue weighted by molar-refractivity contribution is -0.136. The van der Waals surface area contributed by atoms with Crippen molar-refractivity contribution in [3.63, 3.8) is 0 Å². The maximum Gasteiger partial charge on any atom is 0.228 e. The third kappa shape index (κ3) is 3.98. The molecule has 2 aromatic heterocycles. The van der Waals surface area contributed by atoms with Crippen LogP contribution in [0.25, 0.3) is 5.69 Å². The molecule has 3 heterocycles. The minimum Gasteiger partial charge on any atom is -0.356 e. The lowest BCUT2D eigenvalue weighted by atomic mass is 10.3. The molecular weight excluding hydrogens is 346 g/mol. The van der Waals surface area contributed by atoms with E-state index in [1.165, 1.54) is 0 Å². The molecule has 0 bridgehead atoms. The molecule has 1 aliphatic rings. The minimum absolute atomic E-state index is 0.0887. The standard InChI is InChI=1S/C16H20ClN5O3/c1-2-21(14(23)5-7-20-8-9-25-16(20)24)13-11-22(19-15(13)17)12-4-3-6-18-10-12/h3-4,6,10-11,16,24H,2,5,7-9H2,1H3. The van der Waals surface area contributed by atoms with Crippen molar-refractivity contribution in [1.82, 2.24) is 19.7 Å². The van der Waals surface area contributed by atoms with Gasteiger partial charge < -0.3 is 14.7 Å². The minimum atomic E-state index is -0.931. The summed E-state index contributed by atoms with van der Waals surface area (Å²) in [6, 6.07) is 3.66. The Morgan fingerprint density at radius 3 is 3.04 bits per heavy atom. The molecule has 134 valence electrons. The van der Waals surface area contributed by atoms with Crippen molar-refractivity contribution in [3.05, 3.63) is 35.9 Å². The van der Waals surface area contributed by atoms with Crippen LogP contribution in [0.1, 0.15) is 13.3 Å². The van der Waals surface area contributed by atoms with E-state index in [-0.39, 0.29) is 17.5 Å². The van der Waals surface area contributed by atoms with Gasteiger partial charge in [0.05, 0.1) is 24.7 Å². The molecule has 1 aliphatic heterocycles. The normalized spacial score (nSPS) is 17.8. The Bertz CT molecular complexity index is 724. The van der Waals surface area contributed by atoms with Crippen molar-refractivity contribution in [2.75, 3.05) is 31.1 Å². The Morgan fingerprint density at radius 2 is 2.40 bits per heavy atom. The first kappa shape index (κ1) is 17.8. The number of amides is 1. The summed E-state index contributed by atoms with van der Waals surface area (Å²) >= 11 is 6.25. The summed E-state index contributed by atoms with van der Waals surface area (Å²) in [6.45, 7) is 3.85. The quantitative estimate of drug-likeness (QED) is 0.830.